The van der Waals surface area contributed by atoms with Crippen LogP contribution in [0.25, 0.3) is 0 Å². The zero-order chi connectivity index (χ0) is 13.7. The first-order valence-corrected chi connectivity index (χ1v) is 6.51. The molecule has 1 aliphatic rings. The Bertz CT molecular complexity index is 750. The first-order valence-electron chi connectivity index (χ1n) is 5.73. The molecule has 1 aliphatic carbocycles. The Kier molecular flexibility index (Phi) is 2.69. The highest BCUT2D eigenvalue weighted by atomic mass is 35.5. The van der Waals surface area contributed by atoms with Crippen molar-refractivity contribution in [2.24, 2.45) is 0 Å². The van der Waals surface area contributed by atoms with Crippen LogP contribution in [0.5, 0.6) is 5.75 Å². The predicted molar refractivity (Wildman–Crippen MR) is 78.5 cm³/mol. The minimum Gasteiger partial charge on any atom is -0.507 e. The van der Waals surface area contributed by atoms with Crippen molar-refractivity contribution < 1.29 is 9.90 Å². The van der Waals surface area contributed by atoms with Gasteiger partial charge in [0.15, 0.2) is 5.78 Å². The van der Waals surface area contributed by atoms with E-state index in [9.17, 15) is 9.90 Å². The van der Waals surface area contributed by atoms with Gasteiger partial charge in [0, 0.05) is 16.7 Å². The highest BCUT2D eigenvalue weighted by Crippen LogP contribution is 2.38. The fraction of sp³-hybridized carbons (Fsp3) is 0.0667. The molecular formula is C15H9ClO2S. The average Bonchev–Trinajstić information content (AvgIpc) is 2.40. The molecule has 94 valence electrons. The van der Waals surface area contributed by atoms with E-state index in [1.807, 2.05) is 6.07 Å². The number of carbonyl (C=O) groups is 1. The van der Waals surface area contributed by atoms with Gasteiger partial charge in [0.1, 0.15) is 5.75 Å². The Labute approximate surface area is 120 Å². The van der Waals surface area contributed by atoms with Crippen LogP contribution in [0.4, 0.5) is 0 Å². The highest BCUT2D eigenvalue weighted by molar-refractivity contribution is 7.81. The lowest BCUT2D eigenvalue weighted by Gasteiger charge is -2.22. The highest BCUT2D eigenvalue weighted by Gasteiger charge is 2.31. The van der Waals surface area contributed by atoms with Crippen LogP contribution in [-0.2, 0) is 0 Å². The van der Waals surface area contributed by atoms with E-state index in [4.69, 9.17) is 23.8 Å². The number of thiocarbonyl (C=S) groups is 1. The zero-order valence-electron chi connectivity index (χ0n) is 10.0. The molecule has 0 bridgehead atoms. The molecule has 0 atom stereocenters. The standard InChI is InChI=1S/C15H9ClO2S/c1-7-6-10(17)11-12(13(7)16)15(19)9-5-3-2-4-8(9)14(11)18/h2-6,17H,1H3. The van der Waals surface area contributed by atoms with Gasteiger partial charge in [-0.3, -0.25) is 4.79 Å². The van der Waals surface area contributed by atoms with Gasteiger partial charge in [-0.1, -0.05) is 48.1 Å². The van der Waals surface area contributed by atoms with E-state index in [2.05, 4.69) is 0 Å². The molecule has 0 amide bonds. The molecule has 2 aromatic carbocycles. The number of carbonyl (C=O) groups excluding carboxylic acids is 1. The molecule has 3 rings (SSSR count). The third-order valence-corrected chi connectivity index (χ3v) is 4.21. The smallest absolute Gasteiger partial charge is 0.198 e. The zero-order valence-corrected chi connectivity index (χ0v) is 11.6. The average molecular weight is 289 g/mol. The van der Waals surface area contributed by atoms with Gasteiger partial charge >= 0.3 is 0 Å². The van der Waals surface area contributed by atoms with E-state index in [0.717, 1.165) is 0 Å². The summed E-state index contributed by atoms with van der Waals surface area (Å²) in [6.07, 6.45) is 0. The number of benzene rings is 2. The van der Waals surface area contributed by atoms with Crippen molar-refractivity contribution in [3.8, 4) is 5.75 Å². The number of hydrogen-bond donors (Lipinski definition) is 1. The first kappa shape index (κ1) is 12.3. The van der Waals surface area contributed by atoms with Gasteiger partial charge < -0.3 is 5.11 Å². The minimum atomic E-state index is -0.237. The Morgan fingerprint density at radius 1 is 1.16 bits per heavy atom. The number of phenolic OH excluding ortho intramolecular Hbond substituents is 1. The normalized spacial score (nSPS) is 13.2. The van der Waals surface area contributed by atoms with Gasteiger partial charge in [-0.2, -0.15) is 0 Å². The maximum atomic E-state index is 12.5. The third kappa shape index (κ3) is 1.62. The summed E-state index contributed by atoms with van der Waals surface area (Å²) in [6.45, 7) is 1.77. The number of fused-ring (bicyclic) bond motifs is 2. The summed E-state index contributed by atoms with van der Waals surface area (Å²) in [4.78, 5) is 13.0. The molecule has 0 spiro atoms. The van der Waals surface area contributed by atoms with Crippen molar-refractivity contribution in [3.05, 3.63) is 63.2 Å². The Morgan fingerprint density at radius 3 is 2.47 bits per heavy atom. The van der Waals surface area contributed by atoms with Crippen molar-refractivity contribution in [1.82, 2.24) is 0 Å². The van der Waals surface area contributed by atoms with Gasteiger partial charge in [0.05, 0.1) is 15.5 Å². The summed E-state index contributed by atoms with van der Waals surface area (Å²) in [7, 11) is 0. The first-order chi connectivity index (χ1) is 9.02. The van der Waals surface area contributed by atoms with E-state index in [-0.39, 0.29) is 17.1 Å². The van der Waals surface area contributed by atoms with Gasteiger partial charge in [0.25, 0.3) is 0 Å². The van der Waals surface area contributed by atoms with E-state index in [1.54, 1.807) is 25.1 Å². The molecule has 2 aromatic rings. The van der Waals surface area contributed by atoms with Crippen molar-refractivity contribution >= 4 is 34.5 Å². The number of aromatic hydroxyl groups is 1. The van der Waals surface area contributed by atoms with Crippen molar-refractivity contribution in [3.63, 3.8) is 0 Å². The maximum Gasteiger partial charge on any atom is 0.198 e. The molecule has 2 nitrogen and oxygen atoms in total. The molecule has 0 aromatic heterocycles. The molecule has 1 N–H and O–H groups in total. The predicted octanol–water partition coefficient (Wildman–Crippen LogP) is 3.66. The molecule has 0 heterocycles. The number of ketones is 1. The van der Waals surface area contributed by atoms with Gasteiger partial charge in [0.2, 0.25) is 0 Å². The Morgan fingerprint density at radius 2 is 1.79 bits per heavy atom. The molecule has 0 radical (unpaired) electrons. The van der Waals surface area contributed by atoms with Crippen LogP contribution < -0.4 is 0 Å². The largest absolute Gasteiger partial charge is 0.507 e. The van der Waals surface area contributed by atoms with Crippen LogP contribution in [0.1, 0.15) is 32.6 Å². The fourth-order valence-electron chi connectivity index (χ4n) is 2.37. The Hall–Kier alpha value is -1.71. The lowest BCUT2D eigenvalue weighted by atomic mass is 9.83. The van der Waals surface area contributed by atoms with E-state index in [1.165, 1.54) is 6.07 Å². The topological polar surface area (TPSA) is 37.3 Å². The second-order valence-corrected chi connectivity index (χ2v) is 5.27. The van der Waals surface area contributed by atoms with Crippen LogP contribution in [0, 0.1) is 6.92 Å². The number of rotatable bonds is 0. The maximum absolute atomic E-state index is 12.5. The van der Waals surface area contributed by atoms with E-state index >= 15 is 0 Å². The van der Waals surface area contributed by atoms with E-state index in [0.29, 0.717) is 32.1 Å². The lowest BCUT2D eigenvalue weighted by Crippen LogP contribution is -2.21. The fourth-order valence-corrected chi connectivity index (χ4v) is 3.05. The minimum absolute atomic E-state index is 0.0706. The van der Waals surface area contributed by atoms with Crippen LogP contribution in [0.2, 0.25) is 5.02 Å². The number of aryl methyl sites for hydroxylation is 1. The van der Waals surface area contributed by atoms with Crippen LogP contribution in [0.3, 0.4) is 0 Å². The van der Waals surface area contributed by atoms with Crippen molar-refractivity contribution in [2.45, 2.75) is 6.92 Å². The number of phenols is 1. The molecular weight excluding hydrogens is 280 g/mol. The van der Waals surface area contributed by atoms with Gasteiger partial charge in [-0.05, 0) is 18.6 Å². The second-order valence-electron chi connectivity index (χ2n) is 4.48. The summed E-state index contributed by atoms with van der Waals surface area (Å²) < 4.78 is 0. The number of hydrogen-bond acceptors (Lipinski definition) is 3. The quantitative estimate of drug-likeness (QED) is 0.641. The van der Waals surface area contributed by atoms with Crippen molar-refractivity contribution in [1.29, 1.82) is 0 Å². The molecule has 4 heteroatoms. The summed E-state index contributed by atoms with van der Waals surface area (Å²) in [5.41, 5.74) is 2.58. The third-order valence-electron chi connectivity index (χ3n) is 3.30. The molecule has 0 saturated heterocycles. The van der Waals surface area contributed by atoms with E-state index < -0.39 is 0 Å². The van der Waals surface area contributed by atoms with Crippen LogP contribution in [-0.4, -0.2) is 15.8 Å². The summed E-state index contributed by atoms with van der Waals surface area (Å²) >= 11 is 11.7. The van der Waals surface area contributed by atoms with Crippen LogP contribution >= 0.6 is 23.8 Å². The second kappa shape index (κ2) is 4.15. The van der Waals surface area contributed by atoms with Gasteiger partial charge in [-0.15, -0.1) is 0 Å². The van der Waals surface area contributed by atoms with Gasteiger partial charge in [-0.25, -0.2) is 0 Å². The lowest BCUT2D eigenvalue weighted by molar-refractivity contribution is 0.103. The Balaban J connectivity index is 2.43. The summed E-state index contributed by atoms with van der Waals surface area (Å²) in [5, 5.41) is 10.5. The monoisotopic (exact) mass is 288 g/mol. The number of halogens is 1. The SMILES string of the molecule is Cc1cc(O)c2c(c1Cl)C(=S)c1ccccc1C2=O. The molecule has 0 fully saturated rings. The molecule has 0 aliphatic heterocycles. The van der Waals surface area contributed by atoms with Crippen LogP contribution in [0.15, 0.2) is 30.3 Å². The van der Waals surface area contributed by atoms with Crippen molar-refractivity contribution in [2.75, 3.05) is 0 Å². The molecule has 0 saturated carbocycles. The summed E-state index contributed by atoms with van der Waals surface area (Å²) in [5.74, 6) is -0.308. The molecule has 0 unspecified atom stereocenters. The summed E-state index contributed by atoms with van der Waals surface area (Å²) in [6, 6.07) is 8.61. The molecule has 19 heavy (non-hydrogen) atoms.